The van der Waals surface area contributed by atoms with E-state index < -0.39 is 11.7 Å². The van der Waals surface area contributed by atoms with E-state index in [0.29, 0.717) is 11.3 Å². The number of H-pyrrole nitrogens is 1. The Labute approximate surface area is 155 Å². The molecule has 0 radical (unpaired) electrons. The van der Waals surface area contributed by atoms with E-state index in [-0.39, 0.29) is 0 Å². The molecule has 0 saturated carbocycles. The number of hydrogen-bond acceptors (Lipinski definition) is 0. The maximum atomic E-state index is 13.1. The third kappa shape index (κ3) is 3.51. The molecule has 0 aliphatic carbocycles. The van der Waals surface area contributed by atoms with Crippen molar-refractivity contribution in [1.29, 1.82) is 0 Å². The van der Waals surface area contributed by atoms with Crippen LogP contribution in [0.2, 0.25) is 0 Å². The van der Waals surface area contributed by atoms with E-state index in [2.05, 4.69) is 4.98 Å². The Kier molecular flexibility index (Phi) is 4.32. The summed E-state index contributed by atoms with van der Waals surface area (Å²) < 4.78 is 39.3. The van der Waals surface area contributed by atoms with E-state index in [0.717, 1.165) is 28.5 Å². The van der Waals surface area contributed by atoms with Crippen molar-refractivity contribution >= 4 is 0 Å². The highest BCUT2D eigenvalue weighted by molar-refractivity contribution is 5.86. The number of rotatable bonds is 3. The second-order valence-electron chi connectivity index (χ2n) is 6.28. The fourth-order valence-electron chi connectivity index (χ4n) is 3.15. The quantitative estimate of drug-likeness (QED) is 0.402. The summed E-state index contributed by atoms with van der Waals surface area (Å²) in [6.07, 6.45) is -4.37. The van der Waals surface area contributed by atoms with Gasteiger partial charge in [0.05, 0.1) is 11.3 Å². The summed E-state index contributed by atoms with van der Waals surface area (Å²) in [5.41, 5.74) is 4.32. The number of halogens is 3. The van der Waals surface area contributed by atoms with Crippen molar-refractivity contribution in [3.8, 4) is 33.6 Å². The lowest BCUT2D eigenvalue weighted by molar-refractivity contribution is -0.137. The molecule has 134 valence electrons. The molecule has 1 N–H and O–H groups in total. The van der Waals surface area contributed by atoms with E-state index in [1.54, 1.807) is 6.07 Å². The van der Waals surface area contributed by atoms with E-state index in [1.165, 1.54) is 12.1 Å². The number of alkyl halides is 3. The molecular weight excluding hydrogens is 347 g/mol. The Morgan fingerprint density at radius 1 is 0.593 bits per heavy atom. The van der Waals surface area contributed by atoms with Crippen LogP contribution in [-0.2, 0) is 6.18 Å². The van der Waals surface area contributed by atoms with Gasteiger partial charge in [-0.05, 0) is 34.9 Å². The number of hydrogen-bond donors (Lipinski definition) is 1. The summed E-state index contributed by atoms with van der Waals surface area (Å²) in [7, 11) is 0. The molecular formula is C23H16F3N. The van der Waals surface area contributed by atoms with Crippen molar-refractivity contribution in [3.05, 3.63) is 96.6 Å². The molecule has 4 heteroatoms. The minimum Gasteiger partial charge on any atom is -0.354 e. The zero-order chi connectivity index (χ0) is 18.9. The topological polar surface area (TPSA) is 15.8 Å². The molecule has 4 rings (SSSR count). The molecule has 0 saturated heterocycles. The van der Waals surface area contributed by atoms with Gasteiger partial charge < -0.3 is 4.98 Å². The van der Waals surface area contributed by atoms with Crippen molar-refractivity contribution in [1.82, 2.24) is 4.98 Å². The molecule has 0 amide bonds. The van der Waals surface area contributed by atoms with Gasteiger partial charge >= 0.3 is 6.18 Å². The third-order valence-electron chi connectivity index (χ3n) is 4.47. The van der Waals surface area contributed by atoms with Gasteiger partial charge in [0.1, 0.15) is 0 Å². The Morgan fingerprint density at radius 2 is 1.19 bits per heavy atom. The predicted octanol–water partition coefficient (Wildman–Crippen LogP) is 7.03. The molecule has 4 aromatic rings. The SMILES string of the molecule is FC(F)(F)c1cccc(-c2cc(-c3ccccc3)c(-c3ccccc3)[nH]2)c1. The number of benzene rings is 3. The van der Waals surface area contributed by atoms with Crippen molar-refractivity contribution in [2.75, 3.05) is 0 Å². The van der Waals surface area contributed by atoms with Gasteiger partial charge in [0, 0.05) is 11.3 Å². The van der Waals surface area contributed by atoms with Crippen LogP contribution in [0.4, 0.5) is 13.2 Å². The van der Waals surface area contributed by atoms with E-state index in [1.807, 2.05) is 66.7 Å². The monoisotopic (exact) mass is 363 g/mol. The minimum absolute atomic E-state index is 0.504. The summed E-state index contributed by atoms with van der Waals surface area (Å²) >= 11 is 0. The Bertz CT molecular complexity index is 991. The van der Waals surface area contributed by atoms with Crippen LogP contribution in [0.1, 0.15) is 5.56 Å². The molecule has 0 aliphatic rings. The molecule has 0 spiro atoms. The van der Waals surface area contributed by atoms with Gasteiger partial charge in [-0.3, -0.25) is 0 Å². The van der Waals surface area contributed by atoms with Crippen LogP contribution in [0.5, 0.6) is 0 Å². The molecule has 0 unspecified atom stereocenters. The summed E-state index contributed by atoms with van der Waals surface area (Å²) in [4.78, 5) is 3.32. The fourth-order valence-corrected chi connectivity index (χ4v) is 3.15. The van der Waals surface area contributed by atoms with Crippen molar-refractivity contribution in [3.63, 3.8) is 0 Å². The first-order chi connectivity index (χ1) is 13.0. The number of aromatic nitrogens is 1. The van der Waals surface area contributed by atoms with Gasteiger partial charge in [0.2, 0.25) is 0 Å². The maximum absolute atomic E-state index is 13.1. The Morgan fingerprint density at radius 3 is 1.81 bits per heavy atom. The third-order valence-corrected chi connectivity index (χ3v) is 4.47. The lowest BCUT2D eigenvalue weighted by Crippen LogP contribution is -2.04. The smallest absolute Gasteiger partial charge is 0.354 e. The zero-order valence-electron chi connectivity index (χ0n) is 14.3. The van der Waals surface area contributed by atoms with Crippen LogP contribution in [0.15, 0.2) is 91.0 Å². The first-order valence-electron chi connectivity index (χ1n) is 8.54. The maximum Gasteiger partial charge on any atom is 0.416 e. The number of aromatic amines is 1. The second-order valence-corrected chi connectivity index (χ2v) is 6.28. The molecule has 1 aromatic heterocycles. The average Bonchev–Trinajstić information content (AvgIpc) is 3.14. The van der Waals surface area contributed by atoms with Gasteiger partial charge in [0.15, 0.2) is 0 Å². The molecule has 3 aromatic carbocycles. The van der Waals surface area contributed by atoms with Gasteiger partial charge in [0.25, 0.3) is 0 Å². The average molecular weight is 363 g/mol. The first-order valence-corrected chi connectivity index (χ1v) is 8.54. The standard InChI is InChI=1S/C23H16F3N/c24-23(25,26)19-13-7-12-18(14-19)21-15-20(16-8-3-1-4-9-16)22(27-21)17-10-5-2-6-11-17/h1-15,27H. The van der Waals surface area contributed by atoms with Crippen LogP contribution < -0.4 is 0 Å². The molecule has 0 atom stereocenters. The van der Waals surface area contributed by atoms with E-state index in [4.69, 9.17) is 0 Å². The fraction of sp³-hybridized carbons (Fsp3) is 0.0435. The molecule has 1 heterocycles. The van der Waals surface area contributed by atoms with Gasteiger partial charge in [-0.15, -0.1) is 0 Å². The first kappa shape index (κ1) is 17.2. The van der Waals surface area contributed by atoms with Crippen LogP contribution >= 0.6 is 0 Å². The van der Waals surface area contributed by atoms with Crippen molar-refractivity contribution in [2.45, 2.75) is 6.18 Å². The van der Waals surface area contributed by atoms with Gasteiger partial charge in [-0.25, -0.2) is 0 Å². The highest BCUT2D eigenvalue weighted by Gasteiger charge is 2.30. The molecule has 27 heavy (non-hydrogen) atoms. The van der Waals surface area contributed by atoms with Crippen LogP contribution in [0.3, 0.4) is 0 Å². The van der Waals surface area contributed by atoms with E-state index >= 15 is 0 Å². The van der Waals surface area contributed by atoms with Crippen molar-refractivity contribution in [2.24, 2.45) is 0 Å². The summed E-state index contributed by atoms with van der Waals surface area (Å²) in [6.45, 7) is 0. The van der Waals surface area contributed by atoms with E-state index in [9.17, 15) is 13.2 Å². The minimum atomic E-state index is -4.37. The van der Waals surface area contributed by atoms with Crippen LogP contribution in [0, 0.1) is 0 Å². The van der Waals surface area contributed by atoms with Crippen LogP contribution in [0.25, 0.3) is 33.6 Å². The summed E-state index contributed by atoms with van der Waals surface area (Å²) in [5, 5.41) is 0. The normalized spacial score (nSPS) is 11.5. The molecule has 0 aliphatic heterocycles. The zero-order valence-corrected chi connectivity index (χ0v) is 14.3. The summed E-state index contributed by atoms with van der Waals surface area (Å²) in [5.74, 6) is 0. The number of nitrogens with one attached hydrogen (secondary N) is 1. The summed E-state index contributed by atoms with van der Waals surface area (Å²) in [6, 6.07) is 26.9. The van der Waals surface area contributed by atoms with Crippen LogP contribution in [-0.4, -0.2) is 4.98 Å². The largest absolute Gasteiger partial charge is 0.416 e. The molecule has 0 bridgehead atoms. The molecule has 1 nitrogen and oxygen atoms in total. The lowest BCUT2D eigenvalue weighted by atomic mass is 10.0. The Balaban J connectivity index is 1.88. The molecule has 0 fully saturated rings. The highest BCUT2D eigenvalue weighted by Crippen LogP contribution is 2.37. The van der Waals surface area contributed by atoms with Gasteiger partial charge in [-0.1, -0.05) is 72.8 Å². The van der Waals surface area contributed by atoms with Crippen molar-refractivity contribution < 1.29 is 13.2 Å². The highest BCUT2D eigenvalue weighted by atomic mass is 19.4. The second kappa shape index (κ2) is 6.80. The van der Waals surface area contributed by atoms with Gasteiger partial charge in [-0.2, -0.15) is 13.2 Å². The lowest BCUT2D eigenvalue weighted by Gasteiger charge is -2.07. The predicted molar refractivity (Wildman–Crippen MR) is 102 cm³/mol. The Hall–Kier alpha value is -3.27.